The van der Waals surface area contributed by atoms with Crippen LogP contribution in [0.1, 0.15) is 19.8 Å². The van der Waals surface area contributed by atoms with Crippen molar-refractivity contribution >= 4 is 18.7 Å². The molecule has 1 N–H and O–H groups in total. The average Bonchev–Trinajstić information content (AvgIpc) is 1.99. The van der Waals surface area contributed by atoms with E-state index in [9.17, 15) is 9.18 Å². The van der Waals surface area contributed by atoms with Crippen molar-refractivity contribution in [1.29, 1.82) is 0 Å². The molecule has 0 rings (SSSR count). The predicted molar refractivity (Wildman–Crippen MR) is 48.4 cm³/mol. The van der Waals surface area contributed by atoms with Gasteiger partial charge in [-0.25, -0.2) is 9.18 Å². The van der Waals surface area contributed by atoms with Crippen molar-refractivity contribution in [2.45, 2.75) is 26.1 Å². The molecule has 0 aromatic rings. The summed E-state index contributed by atoms with van der Waals surface area (Å²) in [5.41, 5.74) is 0. The van der Waals surface area contributed by atoms with Crippen molar-refractivity contribution in [3.8, 4) is 0 Å². The number of hydrogen-bond acceptors (Lipinski definition) is 2. The monoisotopic (exact) mass is 195 g/mol. The first-order chi connectivity index (χ1) is 5.63. The molecule has 72 valence electrons. The Bertz CT molecular complexity index is 145. The van der Waals surface area contributed by atoms with Gasteiger partial charge in [-0.15, -0.1) is 0 Å². The number of thiol groups is 1. The fraction of sp³-hybridized carbons (Fsp3) is 0.857. The summed E-state index contributed by atoms with van der Waals surface area (Å²) in [6.07, 6.45) is -1.72. The van der Waals surface area contributed by atoms with Gasteiger partial charge in [0, 0.05) is 12.3 Å². The van der Waals surface area contributed by atoms with Crippen LogP contribution in [-0.2, 0) is 0 Å². The summed E-state index contributed by atoms with van der Waals surface area (Å²) in [6.45, 7) is 1.95. The maximum absolute atomic E-state index is 13.0. The molecule has 0 heterocycles. The number of alkyl halides is 1. The van der Waals surface area contributed by atoms with Gasteiger partial charge in [0.05, 0.1) is 0 Å². The Balaban J connectivity index is 3.99. The van der Waals surface area contributed by atoms with Gasteiger partial charge < -0.3 is 5.11 Å². The van der Waals surface area contributed by atoms with E-state index in [1.165, 1.54) is 0 Å². The first-order valence-corrected chi connectivity index (χ1v) is 4.51. The smallest absolute Gasteiger partial charge is 0.409 e. The number of rotatable bonds is 5. The standard InChI is InChI=1S/C7H14FNO2S/c1-2-3-6(8)9(4-5-12)7(10)11/h6,12H,2-5H2,1H3,(H,10,11). The number of nitrogens with zero attached hydrogens (tertiary/aromatic N) is 1. The minimum Gasteiger partial charge on any atom is -0.465 e. The zero-order valence-corrected chi connectivity index (χ0v) is 7.93. The van der Waals surface area contributed by atoms with Crippen molar-refractivity contribution < 1.29 is 14.3 Å². The van der Waals surface area contributed by atoms with E-state index in [-0.39, 0.29) is 13.0 Å². The van der Waals surface area contributed by atoms with Gasteiger partial charge in [0.25, 0.3) is 0 Å². The third-order valence-electron chi connectivity index (χ3n) is 1.45. The van der Waals surface area contributed by atoms with Crippen LogP contribution in [0, 0.1) is 0 Å². The molecule has 0 saturated carbocycles. The Morgan fingerprint density at radius 2 is 2.33 bits per heavy atom. The lowest BCUT2D eigenvalue weighted by molar-refractivity contribution is 0.0710. The Morgan fingerprint density at radius 3 is 2.67 bits per heavy atom. The second-order valence-corrected chi connectivity index (χ2v) is 2.87. The molecule has 0 saturated heterocycles. The predicted octanol–water partition coefficient (Wildman–Crippen LogP) is 1.99. The van der Waals surface area contributed by atoms with Gasteiger partial charge in [0.1, 0.15) is 0 Å². The lowest BCUT2D eigenvalue weighted by Gasteiger charge is -2.21. The molecule has 0 aliphatic heterocycles. The van der Waals surface area contributed by atoms with Gasteiger partial charge in [0.2, 0.25) is 0 Å². The minimum absolute atomic E-state index is 0.139. The van der Waals surface area contributed by atoms with Crippen LogP contribution in [0.4, 0.5) is 9.18 Å². The van der Waals surface area contributed by atoms with Crippen LogP contribution in [-0.4, -0.2) is 34.7 Å². The summed E-state index contributed by atoms with van der Waals surface area (Å²) in [7, 11) is 0. The summed E-state index contributed by atoms with van der Waals surface area (Å²) in [5.74, 6) is 0.344. The van der Waals surface area contributed by atoms with Crippen molar-refractivity contribution in [3.63, 3.8) is 0 Å². The molecule has 1 atom stereocenters. The Hall–Kier alpha value is -0.450. The van der Waals surface area contributed by atoms with Gasteiger partial charge in [-0.3, -0.25) is 4.90 Å². The van der Waals surface area contributed by atoms with Crippen molar-refractivity contribution in [2.75, 3.05) is 12.3 Å². The van der Waals surface area contributed by atoms with E-state index in [0.717, 1.165) is 4.90 Å². The lowest BCUT2D eigenvalue weighted by atomic mass is 10.3. The maximum Gasteiger partial charge on any atom is 0.409 e. The van der Waals surface area contributed by atoms with Crippen molar-refractivity contribution in [2.24, 2.45) is 0 Å². The summed E-state index contributed by atoms with van der Waals surface area (Å²) >= 11 is 3.85. The molecular formula is C7H14FNO2S. The van der Waals surface area contributed by atoms with E-state index in [0.29, 0.717) is 12.2 Å². The summed E-state index contributed by atoms with van der Waals surface area (Å²) in [6, 6.07) is 0. The zero-order chi connectivity index (χ0) is 9.56. The Kier molecular flexibility index (Phi) is 5.88. The molecule has 1 unspecified atom stereocenters. The SMILES string of the molecule is CCCC(F)N(CCS)C(=O)O. The molecule has 0 aliphatic rings. The molecule has 0 radical (unpaired) electrons. The molecular weight excluding hydrogens is 181 g/mol. The largest absolute Gasteiger partial charge is 0.465 e. The van der Waals surface area contributed by atoms with E-state index in [1.54, 1.807) is 0 Å². The van der Waals surface area contributed by atoms with Gasteiger partial charge >= 0.3 is 6.09 Å². The normalized spacial score (nSPS) is 12.6. The molecule has 12 heavy (non-hydrogen) atoms. The molecule has 0 aromatic carbocycles. The van der Waals surface area contributed by atoms with Crippen molar-refractivity contribution in [3.05, 3.63) is 0 Å². The molecule has 0 bridgehead atoms. The number of hydrogen-bond donors (Lipinski definition) is 2. The summed E-state index contributed by atoms with van der Waals surface area (Å²) in [5, 5.41) is 8.55. The number of halogens is 1. The van der Waals surface area contributed by atoms with Gasteiger partial charge in [-0.2, -0.15) is 12.6 Å². The van der Waals surface area contributed by atoms with Crippen LogP contribution >= 0.6 is 12.6 Å². The highest BCUT2D eigenvalue weighted by Gasteiger charge is 2.20. The Labute approximate surface area is 77.0 Å². The molecule has 1 amide bonds. The molecule has 0 aliphatic carbocycles. The first-order valence-electron chi connectivity index (χ1n) is 3.88. The van der Waals surface area contributed by atoms with Gasteiger partial charge in [0.15, 0.2) is 6.30 Å². The van der Waals surface area contributed by atoms with Crippen LogP contribution in [0.15, 0.2) is 0 Å². The van der Waals surface area contributed by atoms with Crippen LogP contribution in [0.25, 0.3) is 0 Å². The molecule has 0 fully saturated rings. The van der Waals surface area contributed by atoms with E-state index in [1.807, 2.05) is 6.92 Å². The van der Waals surface area contributed by atoms with Crippen molar-refractivity contribution in [1.82, 2.24) is 4.90 Å². The van der Waals surface area contributed by atoms with Crippen LogP contribution in [0.2, 0.25) is 0 Å². The second-order valence-electron chi connectivity index (χ2n) is 2.42. The average molecular weight is 195 g/mol. The third kappa shape index (κ3) is 3.80. The van der Waals surface area contributed by atoms with E-state index in [4.69, 9.17) is 5.11 Å². The fourth-order valence-corrected chi connectivity index (χ4v) is 1.07. The molecule has 0 spiro atoms. The van der Waals surface area contributed by atoms with E-state index in [2.05, 4.69) is 12.6 Å². The molecule has 5 heteroatoms. The molecule has 3 nitrogen and oxygen atoms in total. The summed E-state index contributed by atoms with van der Waals surface area (Å²) in [4.78, 5) is 11.2. The van der Waals surface area contributed by atoms with Crippen LogP contribution < -0.4 is 0 Å². The summed E-state index contributed by atoms with van der Waals surface area (Å²) < 4.78 is 13.0. The third-order valence-corrected chi connectivity index (χ3v) is 1.65. The zero-order valence-electron chi connectivity index (χ0n) is 7.03. The fourth-order valence-electron chi connectivity index (χ4n) is 0.857. The van der Waals surface area contributed by atoms with Crippen LogP contribution in [0.5, 0.6) is 0 Å². The topological polar surface area (TPSA) is 40.5 Å². The number of amides is 1. The first kappa shape index (κ1) is 11.6. The van der Waals surface area contributed by atoms with E-state index < -0.39 is 12.4 Å². The highest BCUT2D eigenvalue weighted by atomic mass is 32.1. The van der Waals surface area contributed by atoms with Crippen LogP contribution in [0.3, 0.4) is 0 Å². The van der Waals surface area contributed by atoms with Gasteiger partial charge in [-0.1, -0.05) is 13.3 Å². The second kappa shape index (κ2) is 6.11. The number of carbonyl (C=O) groups is 1. The van der Waals surface area contributed by atoms with Gasteiger partial charge in [-0.05, 0) is 6.42 Å². The quantitative estimate of drug-likeness (QED) is 0.520. The number of carboxylic acid groups (broad SMARTS) is 1. The minimum atomic E-state index is -1.39. The lowest BCUT2D eigenvalue weighted by Crippen LogP contribution is -2.38. The van der Waals surface area contributed by atoms with E-state index >= 15 is 0 Å². The molecule has 0 aromatic heterocycles. The maximum atomic E-state index is 13.0. The highest BCUT2D eigenvalue weighted by molar-refractivity contribution is 7.80. The Morgan fingerprint density at radius 1 is 1.75 bits per heavy atom. The highest BCUT2D eigenvalue weighted by Crippen LogP contribution is 2.08.